The number of aryl methyl sites for hydroxylation is 1. The van der Waals surface area contributed by atoms with E-state index in [0.717, 1.165) is 16.8 Å². The van der Waals surface area contributed by atoms with Crippen molar-refractivity contribution in [2.45, 2.75) is 6.92 Å². The van der Waals surface area contributed by atoms with Gasteiger partial charge in [0.05, 0.1) is 16.9 Å². The minimum atomic E-state index is -0.544. The molecule has 0 atom stereocenters. The maximum Gasteiger partial charge on any atom is 0.262 e. The first kappa shape index (κ1) is 22.2. The number of nitrogens with one attached hydrogen (secondary N) is 2. The quantitative estimate of drug-likeness (QED) is 0.379. The van der Waals surface area contributed by atoms with Gasteiger partial charge < -0.3 is 10.1 Å². The van der Waals surface area contributed by atoms with Gasteiger partial charge in [0, 0.05) is 10.9 Å². The van der Waals surface area contributed by atoms with Gasteiger partial charge in [-0.2, -0.15) is 0 Å². The second-order valence-corrected chi connectivity index (χ2v) is 8.03. The average Bonchev–Trinajstić information content (AvgIpc) is 3.28. The molecular formula is C25H20FN3O3S. The summed E-state index contributed by atoms with van der Waals surface area (Å²) < 4.78 is 19.2. The van der Waals surface area contributed by atoms with Gasteiger partial charge in [-0.05, 0) is 31.2 Å². The molecule has 0 fully saturated rings. The van der Waals surface area contributed by atoms with Crippen molar-refractivity contribution >= 4 is 34.0 Å². The zero-order valence-electron chi connectivity index (χ0n) is 17.7. The number of ether oxygens (including phenoxy) is 1. The van der Waals surface area contributed by atoms with Crippen LogP contribution >= 0.6 is 11.3 Å². The standard InChI is InChI=1S/C25H20FN3O3S/c1-16-10-12-17(13-11-16)21-15-33-25(28-21)29-24(31)18-6-2-5-9-22(18)32-14-23(30)27-20-8-4-3-7-19(20)26/h2-13,15H,14H2,1H3,(H,27,30)(H,28,29,31). The fourth-order valence-corrected chi connectivity index (χ4v) is 3.74. The van der Waals surface area contributed by atoms with E-state index in [2.05, 4.69) is 15.6 Å². The van der Waals surface area contributed by atoms with E-state index in [1.807, 2.05) is 36.6 Å². The summed E-state index contributed by atoms with van der Waals surface area (Å²) in [5, 5.41) is 7.53. The average molecular weight is 462 g/mol. The van der Waals surface area contributed by atoms with E-state index in [0.29, 0.717) is 5.13 Å². The lowest BCUT2D eigenvalue weighted by molar-refractivity contribution is -0.118. The van der Waals surface area contributed by atoms with E-state index < -0.39 is 17.6 Å². The van der Waals surface area contributed by atoms with Crippen LogP contribution in [0.1, 0.15) is 15.9 Å². The number of halogens is 1. The van der Waals surface area contributed by atoms with Crippen molar-refractivity contribution in [1.29, 1.82) is 0 Å². The first-order valence-electron chi connectivity index (χ1n) is 10.1. The molecule has 0 radical (unpaired) electrons. The molecule has 0 unspecified atom stereocenters. The molecule has 4 aromatic rings. The zero-order valence-corrected chi connectivity index (χ0v) is 18.5. The number of hydrogen-bond acceptors (Lipinski definition) is 5. The Kier molecular flexibility index (Phi) is 6.75. The molecule has 0 aliphatic heterocycles. The smallest absolute Gasteiger partial charge is 0.262 e. The summed E-state index contributed by atoms with van der Waals surface area (Å²) in [6, 6.07) is 20.4. The summed E-state index contributed by atoms with van der Waals surface area (Å²) >= 11 is 1.31. The monoisotopic (exact) mass is 461 g/mol. The molecule has 0 aliphatic carbocycles. The third kappa shape index (κ3) is 5.61. The van der Waals surface area contributed by atoms with Crippen LogP contribution in [0.5, 0.6) is 5.75 Å². The molecule has 33 heavy (non-hydrogen) atoms. The van der Waals surface area contributed by atoms with Crippen LogP contribution in [-0.2, 0) is 4.79 Å². The number of carbonyl (C=O) groups is 2. The maximum atomic E-state index is 13.7. The largest absolute Gasteiger partial charge is 0.483 e. The number of nitrogens with zero attached hydrogens (tertiary/aromatic N) is 1. The summed E-state index contributed by atoms with van der Waals surface area (Å²) in [6.45, 7) is 1.63. The van der Waals surface area contributed by atoms with Crippen molar-refractivity contribution in [3.63, 3.8) is 0 Å². The maximum absolute atomic E-state index is 13.7. The predicted octanol–water partition coefficient (Wildman–Crippen LogP) is 5.53. The van der Waals surface area contributed by atoms with Gasteiger partial charge in [-0.3, -0.25) is 14.9 Å². The molecule has 0 aliphatic rings. The molecule has 2 amide bonds. The van der Waals surface area contributed by atoms with Crippen LogP contribution in [0, 0.1) is 12.7 Å². The van der Waals surface area contributed by atoms with Gasteiger partial charge in [-0.1, -0.05) is 54.1 Å². The Morgan fingerprint density at radius 2 is 1.70 bits per heavy atom. The van der Waals surface area contributed by atoms with Crippen LogP contribution in [0.4, 0.5) is 15.2 Å². The molecule has 2 N–H and O–H groups in total. The second kappa shape index (κ2) is 10.1. The van der Waals surface area contributed by atoms with Gasteiger partial charge in [-0.15, -0.1) is 11.3 Å². The SMILES string of the molecule is Cc1ccc(-c2csc(NC(=O)c3ccccc3OCC(=O)Nc3ccccc3F)n2)cc1. The number of benzene rings is 3. The van der Waals surface area contributed by atoms with Crippen LogP contribution < -0.4 is 15.4 Å². The Labute approximate surface area is 194 Å². The summed E-state index contributed by atoms with van der Waals surface area (Å²) in [7, 11) is 0. The number of thiazole rings is 1. The Morgan fingerprint density at radius 1 is 0.970 bits per heavy atom. The van der Waals surface area contributed by atoms with Crippen molar-refractivity contribution < 1.29 is 18.7 Å². The highest BCUT2D eigenvalue weighted by Crippen LogP contribution is 2.26. The molecule has 4 rings (SSSR count). The molecule has 0 saturated carbocycles. The molecule has 0 saturated heterocycles. The van der Waals surface area contributed by atoms with E-state index in [-0.39, 0.29) is 23.6 Å². The molecule has 166 valence electrons. The highest BCUT2D eigenvalue weighted by atomic mass is 32.1. The van der Waals surface area contributed by atoms with Crippen LogP contribution in [0.15, 0.2) is 78.2 Å². The molecule has 1 aromatic heterocycles. The highest BCUT2D eigenvalue weighted by Gasteiger charge is 2.16. The number of aromatic nitrogens is 1. The Bertz CT molecular complexity index is 1290. The van der Waals surface area contributed by atoms with E-state index in [1.54, 1.807) is 30.3 Å². The van der Waals surface area contributed by atoms with Gasteiger partial charge in [0.15, 0.2) is 11.7 Å². The highest BCUT2D eigenvalue weighted by molar-refractivity contribution is 7.14. The molecule has 1 heterocycles. The number of hydrogen-bond donors (Lipinski definition) is 2. The number of carbonyl (C=O) groups excluding carboxylic acids is 2. The molecule has 0 bridgehead atoms. The molecule has 8 heteroatoms. The number of rotatable bonds is 7. The van der Waals surface area contributed by atoms with Crippen LogP contribution in [-0.4, -0.2) is 23.4 Å². The Balaban J connectivity index is 1.40. The van der Waals surface area contributed by atoms with Gasteiger partial charge in [0.1, 0.15) is 11.6 Å². The summed E-state index contributed by atoms with van der Waals surface area (Å²) in [5.41, 5.74) is 3.20. The lowest BCUT2D eigenvalue weighted by atomic mass is 10.1. The first-order chi connectivity index (χ1) is 16.0. The Morgan fingerprint density at radius 3 is 2.48 bits per heavy atom. The molecule has 0 spiro atoms. The fraction of sp³-hybridized carbons (Fsp3) is 0.0800. The fourth-order valence-electron chi connectivity index (χ4n) is 3.02. The number of amides is 2. The van der Waals surface area contributed by atoms with Crippen LogP contribution in [0.2, 0.25) is 0 Å². The van der Waals surface area contributed by atoms with Crippen molar-refractivity contribution in [1.82, 2.24) is 4.98 Å². The van der Waals surface area contributed by atoms with Crippen molar-refractivity contribution in [2.24, 2.45) is 0 Å². The topological polar surface area (TPSA) is 80.3 Å². The second-order valence-electron chi connectivity index (χ2n) is 7.17. The number of para-hydroxylation sites is 2. The summed E-state index contributed by atoms with van der Waals surface area (Å²) in [4.78, 5) is 29.5. The predicted molar refractivity (Wildman–Crippen MR) is 127 cm³/mol. The van der Waals surface area contributed by atoms with Gasteiger partial charge >= 0.3 is 0 Å². The van der Waals surface area contributed by atoms with Crippen molar-refractivity contribution in [3.8, 4) is 17.0 Å². The lowest BCUT2D eigenvalue weighted by Gasteiger charge is -2.11. The van der Waals surface area contributed by atoms with Gasteiger partial charge in [-0.25, -0.2) is 9.37 Å². The molecular weight excluding hydrogens is 441 g/mol. The number of anilines is 2. The molecule has 6 nitrogen and oxygen atoms in total. The van der Waals surface area contributed by atoms with E-state index in [1.165, 1.54) is 29.5 Å². The van der Waals surface area contributed by atoms with Crippen LogP contribution in [0.25, 0.3) is 11.3 Å². The van der Waals surface area contributed by atoms with Crippen LogP contribution in [0.3, 0.4) is 0 Å². The third-order valence-electron chi connectivity index (χ3n) is 4.71. The van der Waals surface area contributed by atoms with E-state index >= 15 is 0 Å². The van der Waals surface area contributed by atoms with Crippen molar-refractivity contribution in [2.75, 3.05) is 17.2 Å². The van der Waals surface area contributed by atoms with Gasteiger partial charge in [0.2, 0.25) is 0 Å². The Hall–Kier alpha value is -4.04. The molecule has 3 aromatic carbocycles. The summed E-state index contributed by atoms with van der Waals surface area (Å²) in [5.74, 6) is -1.27. The van der Waals surface area contributed by atoms with Gasteiger partial charge in [0.25, 0.3) is 11.8 Å². The first-order valence-corrected chi connectivity index (χ1v) is 11.0. The van der Waals surface area contributed by atoms with E-state index in [4.69, 9.17) is 4.74 Å². The van der Waals surface area contributed by atoms with E-state index in [9.17, 15) is 14.0 Å². The minimum Gasteiger partial charge on any atom is -0.483 e. The van der Waals surface area contributed by atoms with Crippen molar-refractivity contribution in [3.05, 3.63) is 95.1 Å². The minimum absolute atomic E-state index is 0.0604. The normalized spacial score (nSPS) is 10.5. The summed E-state index contributed by atoms with van der Waals surface area (Å²) in [6.07, 6.45) is 0. The lowest BCUT2D eigenvalue weighted by Crippen LogP contribution is -2.22. The third-order valence-corrected chi connectivity index (χ3v) is 5.47. The zero-order chi connectivity index (χ0) is 23.2.